The van der Waals surface area contributed by atoms with Crippen molar-refractivity contribution >= 4 is 27.6 Å². The second-order valence-electron chi connectivity index (χ2n) is 5.49. The fourth-order valence-electron chi connectivity index (χ4n) is 2.59. The fourth-order valence-corrected chi connectivity index (χ4v) is 3.85. The quantitative estimate of drug-likeness (QED) is 0.843. The van der Waals surface area contributed by atoms with Crippen LogP contribution in [0, 0.1) is 0 Å². The second kappa shape index (κ2) is 5.60. The van der Waals surface area contributed by atoms with Crippen LogP contribution in [0.25, 0.3) is 0 Å². The summed E-state index contributed by atoms with van der Waals surface area (Å²) in [4.78, 5) is 22.8. The van der Waals surface area contributed by atoms with E-state index in [1.807, 2.05) is 0 Å². The van der Waals surface area contributed by atoms with Crippen LogP contribution in [0.15, 0.2) is 18.2 Å². The number of amides is 1. The van der Waals surface area contributed by atoms with Gasteiger partial charge in [0, 0.05) is 11.6 Å². The molecule has 1 heterocycles. The van der Waals surface area contributed by atoms with E-state index >= 15 is 0 Å². The molecule has 22 heavy (non-hydrogen) atoms. The van der Waals surface area contributed by atoms with Crippen LogP contribution in [-0.2, 0) is 21.2 Å². The van der Waals surface area contributed by atoms with E-state index in [1.54, 1.807) is 19.1 Å². The lowest BCUT2D eigenvalue weighted by molar-refractivity contribution is -0.138. The predicted molar refractivity (Wildman–Crippen MR) is 81.5 cm³/mol. The van der Waals surface area contributed by atoms with E-state index in [1.165, 1.54) is 17.3 Å². The Morgan fingerprint density at radius 2 is 2.05 bits per heavy atom. The van der Waals surface area contributed by atoms with E-state index in [0.29, 0.717) is 17.7 Å². The van der Waals surface area contributed by atoms with Crippen LogP contribution in [0.1, 0.15) is 29.8 Å². The van der Waals surface area contributed by atoms with Crippen LogP contribution in [0.3, 0.4) is 0 Å². The zero-order valence-electron chi connectivity index (χ0n) is 12.5. The fraction of sp³-hybridized carbons (Fsp3) is 0.429. The summed E-state index contributed by atoms with van der Waals surface area (Å²) >= 11 is 0. The van der Waals surface area contributed by atoms with Gasteiger partial charge in [0.2, 0.25) is 10.0 Å². The summed E-state index contributed by atoms with van der Waals surface area (Å²) in [6, 6.07) is 3.49. The highest BCUT2D eigenvalue weighted by Crippen LogP contribution is 2.34. The SMILES string of the molecule is C[C@H](NC(=O)c1ccc2c(c1)C[C@@H](C)N2S(C)(=O)=O)C(=O)O. The van der Waals surface area contributed by atoms with Gasteiger partial charge in [-0.25, -0.2) is 8.42 Å². The van der Waals surface area contributed by atoms with Crippen molar-refractivity contribution in [3.63, 3.8) is 0 Å². The number of fused-ring (bicyclic) bond motifs is 1. The first-order valence-electron chi connectivity index (χ1n) is 6.77. The number of carbonyl (C=O) groups is 2. The molecular weight excluding hydrogens is 308 g/mol. The minimum atomic E-state index is -3.37. The number of carbonyl (C=O) groups excluding carboxylic acids is 1. The zero-order valence-corrected chi connectivity index (χ0v) is 13.3. The predicted octanol–water partition coefficient (Wildman–Crippen LogP) is 0.600. The summed E-state index contributed by atoms with van der Waals surface area (Å²) in [7, 11) is -3.37. The molecule has 1 aromatic rings. The van der Waals surface area contributed by atoms with Crippen molar-refractivity contribution in [3.8, 4) is 0 Å². The van der Waals surface area contributed by atoms with Gasteiger partial charge in [-0.1, -0.05) is 0 Å². The van der Waals surface area contributed by atoms with Crippen LogP contribution < -0.4 is 9.62 Å². The van der Waals surface area contributed by atoms with Crippen molar-refractivity contribution in [1.29, 1.82) is 0 Å². The summed E-state index contributed by atoms with van der Waals surface area (Å²) in [6.07, 6.45) is 1.66. The van der Waals surface area contributed by atoms with Crippen LogP contribution in [0.5, 0.6) is 0 Å². The number of hydrogen-bond donors (Lipinski definition) is 2. The number of carboxylic acids is 1. The molecule has 1 aromatic carbocycles. The highest BCUT2D eigenvalue weighted by Gasteiger charge is 2.32. The van der Waals surface area contributed by atoms with Crippen LogP contribution in [-0.4, -0.2) is 43.7 Å². The minimum Gasteiger partial charge on any atom is -0.480 e. The maximum Gasteiger partial charge on any atom is 0.325 e. The van der Waals surface area contributed by atoms with Gasteiger partial charge in [-0.05, 0) is 44.0 Å². The van der Waals surface area contributed by atoms with Crippen LogP contribution >= 0.6 is 0 Å². The van der Waals surface area contributed by atoms with Gasteiger partial charge in [-0.15, -0.1) is 0 Å². The number of aliphatic carboxylic acids is 1. The Kier molecular flexibility index (Phi) is 4.15. The monoisotopic (exact) mass is 326 g/mol. The number of rotatable bonds is 4. The molecule has 0 bridgehead atoms. The first-order valence-corrected chi connectivity index (χ1v) is 8.62. The summed E-state index contributed by atoms with van der Waals surface area (Å²) in [5.74, 6) is -1.62. The van der Waals surface area contributed by atoms with Crippen LogP contribution in [0.2, 0.25) is 0 Å². The summed E-state index contributed by atoms with van der Waals surface area (Å²) in [6.45, 7) is 3.17. The van der Waals surface area contributed by atoms with Gasteiger partial charge in [-0.3, -0.25) is 13.9 Å². The molecule has 2 rings (SSSR count). The third-order valence-corrected chi connectivity index (χ3v) is 4.84. The molecule has 0 aromatic heterocycles. The van der Waals surface area contributed by atoms with Crippen molar-refractivity contribution in [1.82, 2.24) is 5.32 Å². The highest BCUT2D eigenvalue weighted by molar-refractivity contribution is 7.92. The number of sulfonamides is 1. The third kappa shape index (κ3) is 3.06. The Morgan fingerprint density at radius 3 is 2.59 bits per heavy atom. The lowest BCUT2D eigenvalue weighted by Gasteiger charge is -2.22. The lowest BCUT2D eigenvalue weighted by atomic mass is 10.1. The van der Waals surface area contributed by atoms with Crippen molar-refractivity contribution < 1.29 is 23.1 Å². The van der Waals surface area contributed by atoms with Gasteiger partial charge < -0.3 is 10.4 Å². The molecule has 2 N–H and O–H groups in total. The molecule has 1 aliphatic heterocycles. The normalized spacial score (nSPS) is 18.7. The van der Waals surface area contributed by atoms with E-state index in [0.717, 1.165) is 11.8 Å². The molecule has 8 heteroatoms. The van der Waals surface area contributed by atoms with Crippen LogP contribution in [0.4, 0.5) is 5.69 Å². The number of anilines is 1. The average molecular weight is 326 g/mol. The number of carboxylic acid groups (broad SMARTS) is 1. The molecule has 1 aliphatic rings. The second-order valence-corrected chi connectivity index (χ2v) is 7.35. The Labute approximate surface area is 129 Å². The summed E-state index contributed by atoms with van der Waals surface area (Å²) in [5, 5.41) is 11.2. The Hall–Kier alpha value is -2.09. The molecule has 0 unspecified atom stereocenters. The number of hydrogen-bond acceptors (Lipinski definition) is 4. The van der Waals surface area contributed by atoms with Gasteiger partial charge >= 0.3 is 5.97 Å². The van der Waals surface area contributed by atoms with Crippen molar-refractivity contribution in [2.24, 2.45) is 0 Å². The van der Waals surface area contributed by atoms with E-state index in [9.17, 15) is 18.0 Å². The standard InChI is InChI=1S/C14H18N2O5S/c1-8-6-11-7-10(13(17)15-9(2)14(18)19)4-5-12(11)16(8)22(3,20)21/h4-5,7-9H,6H2,1-3H3,(H,15,17)(H,18,19)/t8-,9+/m1/s1. The van der Waals surface area contributed by atoms with Crippen molar-refractivity contribution in [2.75, 3.05) is 10.6 Å². The molecule has 0 aliphatic carbocycles. The Bertz CT molecular complexity index is 729. The Balaban J connectivity index is 2.29. The van der Waals surface area contributed by atoms with E-state index in [2.05, 4.69) is 5.32 Å². The third-order valence-electron chi connectivity index (χ3n) is 3.57. The Morgan fingerprint density at radius 1 is 1.41 bits per heavy atom. The molecule has 120 valence electrons. The smallest absolute Gasteiger partial charge is 0.325 e. The maximum absolute atomic E-state index is 12.0. The first kappa shape index (κ1) is 16.3. The zero-order chi connectivity index (χ0) is 16.7. The molecule has 0 saturated carbocycles. The molecular formula is C14H18N2O5S. The molecule has 7 nitrogen and oxygen atoms in total. The van der Waals surface area contributed by atoms with Gasteiger partial charge in [-0.2, -0.15) is 0 Å². The molecule has 0 radical (unpaired) electrons. The summed E-state index contributed by atoms with van der Waals surface area (Å²) in [5.41, 5.74) is 1.64. The molecule has 1 amide bonds. The summed E-state index contributed by atoms with van der Waals surface area (Å²) < 4.78 is 25.0. The average Bonchev–Trinajstić information content (AvgIpc) is 2.72. The topological polar surface area (TPSA) is 104 Å². The molecule has 0 saturated heterocycles. The number of nitrogens with zero attached hydrogens (tertiary/aromatic N) is 1. The van der Waals surface area contributed by atoms with Crippen molar-refractivity contribution in [2.45, 2.75) is 32.4 Å². The number of nitrogens with one attached hydrogen (secondary N) is 1. The number of benzene rings is 1. The minimum absolute atomic E-state index is 0.207. The molecule has 0 fully saturated rings. The van der Waals surface area contributed by atoms with E-state index in [-0.39, 0.29) is 6.04 Å². The van der Waals surface area contributed by atoms with Gasteiger partial charge in [0.05, 0.1) is 11.9 Å². The molecule has 0 spiro atoms. The lowest BCUT2D eigenvalue weighted by Crippen LogP contribution is -2.38. The van der Waals surface area contributed by atoms with Gasteiger partial charge in [0.15, 0.2) is 0 Å². The molecule has 2 atom stereocenters. The highest BCUT2D eigenvalue weighted by atomic mass is 32.2. The first-order chi connectivity index (χ1) is 10.1. The van der Waals surface area contributed by atoms with Gasteiger partial charge in [0.25, 0.3) is 5.91 Å². The van der Waals surface area contributed by atoms with E-state index in [4.69, 9.17) is 5.11 Å². The van der Waals surface area contributed by atoms with Crippen molar-refractivity contribution in [3.05, 3.63) is 29.3 Å². The maximum atomic E-state index is 12.0. The van der Waals surface area contributed by atoms with E-state index < -0.39 is 27.9 Å². The van der Waals surface area contributed by atoms with Gasteiger partial charge in [0.1, 0.15) is 6.04 Å². The largest absolute Gasteiger partial charge is 0.480 e.